The first-order valence-corrected chi connectivity index (χ1v) is 9.73. The van der Waals surface area contributed by atoms with Crippen molar-refractivity contribution in [3.05, 3.63) is 74.2 Å². The third-order valence-corrected chi connectivity index (χ3v) is 5.21. The van der Waals surface area contributed by atoms with Crippen molar-refractivity contribution in [2.75, 3.05) is 0 Å². The second kappa shape index (κ2) is 10.1. The highest BCUT2D eigenvalue weighted by atomic mass is 35.5. The number of amides is 1. The second-order valence-electron chi connectivity index (χ2n) is 6.46. The Bertz CT molecular complexity index is 945. The molecule has 0 aliphatic heterocycles. The first kappa shape index (κ1) is 25.4. The fraction of sp³-hybridized carbons (Fsp3) is 0.250. The number of hydrogen-bond donors (Lipinski definition) is 1. The lowest BCUT2D eigenvalue weighted by Gasteiger charge is -2.14. The van der Waals surface area contributed by atoms with E-state index in [1.54, 1.807) is 0 Å². The predicted molar refractivity (Wildman–Crippen MR) is 108 cm³/mol. The Morgan fingerprint density at radius 3 is 1.90 bits per heavy atom. The molecule has 0 aliphatic rings. The van der Waals surface area contributed by atoms with Gasteiger partial charge in [-0.05, 0) is 35.2 Å². The van der Waals surface area contributed by atoms with Crippen LogP contribution in [0.25, 0.3) is 5.57 Å². The van der Waals surface area contributed by atoms with E-state index < -0.39 is 30.3 Å². The number of carbonyl (C=O) groups excluding carboxylic acids is 1. The molecule has 0 spiro atoms. The van der Waals surface area contributed by atoms with E-state index >= 15 is 0 Å². The SMILES string of the molecule is O=C(CC(F)(F)F)NCc1ccc(C/C=C(\c2cc(Cl)c(Cl)c(Cl)c2)C(F)(F)F)cc1. The lowest BCUT2D eigenvalue weighted by Crippen LogP contribution is -2.28. The van der Waals surface area contributed by atoms with E-state index in [4.69, 9.17) is 34.8 Å². The summed E-state index contributed by atoms with van der Waals surface area (Å²) in [6, 6.07) is 8.17. The van der Waals surface area contributed by atoms with Gasteiger partial charge in [0.1, 0.15) is 6.42 Å². The highest BCUT2D eigenvalue weighted by molar-refractivity contribution is 6.48. The molecule has 1 N–H and O–H groups in total. The summed E-state index contributed by atoms with van der Waals surface area (Å²) in [7, 11) is 0. The summed E-state index contributed by atoms with van der Waals surface area (Å²) in [6.07, 6.45) is -9.99. The minimum atomic E-state index is -4.68. The quantitative estimate of drug-likeness (QED) is 0.322. The molecule has 0 bridgehead atoms. The molecule has 31 heavy (non-hydrogen) atoms. The topological polar surface area (TPSA) is 29.1 Å². The van der Waals surface area contributed by atoms with Crippen LogP contribution in [-0.2, 0) is 17.8 Å². The minimum absolute atomic E-state index is 0.0495. The lowest BCUT2D eigenvalue weighted by atomic mass is 10.0. The second-order valence-corrected chi connectivity index (χ2v) is 7.65. The van der Waals surface area contributed by atoms with Gasteiger partial charge in [-0.2, -0.15) is 26.3 Å². The Kier molecular flexibility index (Phi) is 8.30. The van der Waals surface area contributed by atoms with E-state index in [0.717, 1.165) is 18.2 Å². The van der Waals surface area contributed by atoms with Crippen molar-refractivity contribution in [3.63, 3.8) is 0 Å². The average Bonchev–Trinajstić information content (AvgIpc) is 2.63. The van der Waals surface area contributed by atoms with Crippen LogP contribution in [-0.4, -0.2) is 18.3 Å². The number of nitrogens with one attached hydrogen (secondary N) is 1. The Morgan fingerprint density at radius 1 is 0.903 bits per heavy atom. The number of rotatable bonds is 6. The normalized spacial score (nSPS) is 12.7. The molecule has 0 heterocycles. The summed E-state index contributed by atoms with van der Waals surface area (Å²) in [5, 5.41) is 1.85. The number of hydrogen-bond acceptors (Lipinski definition) is 1. The van der Waals surface area contributed by atoms with Gasteiger partial charge in [0.15, 0.2) is 0 Å². The summed E-state index contributed by atoms with van der Waals surface area (Å²) in [6.45, 7) is -0.138. The predicted octanol–water partition coefficient (Wildman–Crippen LogP) is 7.40. The molecular weight excluding hydrogens is 491 g/mol. The van der Waals surface area contributed by atoms with Gasteiger partial charge < -0.3 is 5.32 Å². The smallest absolute Gasteiger partial charge is 0.352 e. The molecular formula is C20H14Cl3F6NO. The molecule has 2 aromatic rings. The van der Waals surface area contributed by atoms with Gasteiger partial charge in [0, 0.05) is 6.54 Å². The molecule has 0 saturated heterocycles. The van der Waals surface area contributed by atoms with E-state index in [2.05, 4.69) is 5.32 Å². The Morgan fingerprint density at radius 2 is 1.42 bits per heavy atom. The highest BCUT2D eigenvalue weighted by Crippen LogP contribution is 2.39. The number of alkyl halides is 6. The van der Waals surface area contributed by atoms with Crippen LogP contribution < -0.4 is 5.32 Å². The molecule has 2 nitrogen and oxygen atoms in total. The van der Waals surface area contributed by atoms with Crippen molar-refractivity contribution in [1.82, 2.24) is 5.32 Å². The van der Waals surface area contributed by atoms with Gasteiger partial charge in [-0.3, -0.25) is 4.79 Å². The van der Waals surface area contributed by atoms with Crippen LogP contribution in [0, 0.1) is 0 Å². The minimum Gasteiger partial charge on any atom is -0.352 e. The van der Waals surface area contributed by atoms with Gasteiger partial charge in [-0.25, -0.2) is 0 Å². The number of halogens is 9. The lowest BCUT2D eigenvalue weighted by molar-refractivity contribution is -0.153. The van der Waals surface area contributed by atoms with Crippen molar-refractivity contribution in [2.24, 2.45) is 0 Å². The fourth-order valence-corrected chi connectivity index (χ4v) is 3.16. The van der Waals surface area contributed by atoms with Crippen LogP contribution in [0.4, 0.5) is 26.3 Å². The van der Waals surface area contributed by atoms with Crippen LogP contribution in [0.15, 0.2) is 42.5 Å². The zero-order valence-corrected chi connectivity index (χ0v) is 17.7. The Labute approximate surface area is 188 Å². The van der Waals surface area contributed by atoms with Crippen molar-refractivity contribution >= 4 is 46.3 Å². The zero-order valence-electron chi connectivity index (χ0n) is 15.5. The number of carbonyl (C=O) groups is 1. The summed E-state index contributed by atoms with van der Waals surface area (Å²) < 4.78 is 77.0. The maximum absolute atomic E-state index is 13.5. The Balaban J connectivity index is 2.12. The number of allylic oxidation sites excluding steroid dienone is 2. The van der Waals surface area contributed by atoms with Gasteiger partial charge in [-0.1, -0.05) is 65.1 Å². The van der Waals surface area contributed by atoms with Gasteiger partial charge in [0.25, 0.3) is 0 Å². The fourth-order valence-electron chi connectivity index (χ4n) is 2.57. The molecule has 0 atom stereocenters. The third-order valence-electron chi connectivity index (χ3n) is 4.02. The maximum Gasteiger partial charge on any atom is 0.416 e. The van der Waals surface area contributed by atoms with Gasteiger partial charge in [-0.15, -0.1) is 0 Å². The summed E-state index contributed by atoms with van der Waals surface area (Å²) >= 11 is 17.5. The molecule has 2 aromatic carbocycles. The summed E-state index contributed by atoms with van der Waals surface area (Å²) in [5.41, 5.74) is -0.179. The molecule has 0 unspecified atom stereocenters. The van der Waals surface area contributed by atoms with Crippen LogP contribution in [0.3, 0.4) is 0 Å². The molecule has 11 heteroatoms. The molecule has 0 aromatic heterocycles. The van der Waals surface area contributed by atoms with Gasteiger partial charge in [0.05, 0.1) is 20.6 Å². The highest BCUT2D eigenvalue weighted by Gasteiger charge is 2.35. The molecule has 2 rings (SSSR count). The molecule has 0 saturated carbocycles. The van der Waals surface area contributed by atoms with Crippen molar-refractivity contribution in [1.29, 1.82) is 0 Å². The number of benzene rings is 2. The molecule has 0 radical (unpaired) electrons. The van der Waals surface area contributed by atoms with Crippen molar-refractivity contribution < 1.29 is 31.1 Å². The van der Waals surface area contributed by atoms with Crippen molar-refractivity contribution in [2.45, 2.75) is 31.7 Å². The largest absolute Gasteiger partial charge is 0.416 e. The first-order chi connectivity index (χ1) is 14.3. The summed E-state index contributed by atoms with van der Waals surface area (Å²) in [5.74, 6) is -1.17. The van der Waals surface area contributed by atoms with E-state index in [-0.39, 0.29) is 33.6 Å². The Hall–Kier alpha value is -1.90. The molecule has 0 aliphatic carbocycles. The summed E-state index contributed by atoms with van der Waals surface area (Å²) in [4.78, 5) is 11.2. The van der Waals surface area contributed by atoms with E-state index in [1.807, 2.05) is 0 Å². The average molecular weight is 505 g/mol. The molecule has 1 amide bonds. The molecule has 168 valence electrons. The van der Waals surface area contributed by atoms with Crippen molar-refractivity contribution in [3.8, 4) is 0 Å². The van der Waals surface area contributed by atoms with E-state index in [1.165, 1.54) is 24.3 Å². The van der Waals surface area contributed by atoms with Gasteiger partial charge >= 0.3 is 12.4 Å². The first-order valence-electron chi connectivity index (χ1n) is 8.60. The van der Waals surface area contributed by atoms with Crippen LogP contribution in [0.5, 0.6) is 0 Å². The monoisotopic (exact) mass is 503 g/mol. The van der Waals surface area contributed by atoms with E-state index in [9.17, 15) is 31.1 Å². The van der Waals surface area contributed by atoms with Crippen LogP contribution >= 0.6 is 34.8 Å². The zero-order chi connectivity index (χ0) is 23.4. The van der Waals surface area contributed by atoms with Gasteiger partial charge in [0.2, 0.25) is 5.91 Å². The van der Waals surface area contributed by atoms with E-state index in [0.29, 0.717) is 11.1 Å². The van der Waals surface area contributed by atoms with Crippen LogP contribution in [0.1, 0.15) is 23.1 Å². The standard InChI is InChI=1S/C20H14Cl3F6NO/c21-15-7-13(8-16(22)18(15)23)14(20(27,28)29)6-5-11-1-3-12(4-2-11)10-30-17(31)9-19(24,25)26/h1-4,6-8H,5,9-10H2,(H,30,31)/b14-6+. The maximum atomic E-state index is 13.5. The molecule has 0 fully saturated rings. The van der Waals surface area contributed by atoms with Crippen LogP contribution in [0.2, 0.25) is 15.1 Å². The third kappa shape index (κ3) is 7.94.